The van der Waals surface area contributed by atoms with E-state index in [2.05, 4.69) is 23.8 Å². The van der Waals surface area contributed by atoms with Gasteiger partial charge in [0.15, 0.2) is 5.13 Å². The second-order valence-electron chi connectivity index (χ2n) is 8.65. The molecule has 182 valence electrons. The lowest BCUT2D eigenvalue weighted by atomic mass is 9.98. The summed E-state index contributed by atoms with van der Waals surface area (Å²) in [4.78, 5) is 37.1. The van der Waals surface area contributed by atoms with Crippen molar-refractivity contribution in [3.63, 3.8) is 0 Å². The number of aliphatic hydroxyl groups excluding tert-OH is 1. The summed E-state index contributed by atoms with van der Waals surface area (Å²) < 4.78 is 6.09. The summed E-state index contributed by atoms with van der Waals surface area (Å²) in [6.45, 7) is 4.21. The summed E-state index contributed by atoms with van der Waals surface area (Å²) in [5.41, 5.74) is 2.51. The lowest BCUT2D eigenvalue weighted by Gasteiger charge is -2.22. The molecule has 2 aromatic heterocycles. The Balaban J connectivity index is 1.69. The molecule has 1 atom stereocenters. The number of aromatic nitrogens is 2. The molecule has 36 heavy (non-hydrogen) atoms. The molecule has 1 N–H and O–H groups in total. The number of benzene rings is 2. The summed E-state index contributed by atoms with van der Waals surface area (Å²) >= 11 is 7.58. The molecule has 0 aliphatic carbocycles. The highest BCUT2D eigenvalue weighted by Gasteiger charge is 2.48. The van der Waals surface area contributed by atoms with Crippen molar-refractivity contribution in [2.45, 2.75) is 25.8 Å². The van der Waals surface area contributed by atoms with Crippen LogP contribution in [-0.2, 0) is 9.59 Å². The van der Waals surface area contributed by atoms with Gasteiger partial charge < -0.3 is 9.84 Å². The monoisotopic (exact) mass is 519 g/mol. The molecule has 3 heterocycles. The number of rotatable bonds is 5. The Morgan fingerprint density at radius 3 is 2.61 bits per heavy atom. The van der Waals surface area contributed by atoms with Crippen LogP contribution in [0.5, 0.6) is 5.75 Å². The van der Waals surface area contributed by atoms with Crippen LogP contribution < -0.4 is 9.64 Å². The predicted octanol–water partition coefficient (Wildman–Crippen LogP) is 6.10. The van der Waals surface area contributed by atoms with Gasteiger partial charge in [-0.2, -0.15) is 0 Å². The van der Waals surface area contributed by atoms with Crippen molar-refractivity contribution in [1.82, 2.24) is 9.97 Å². The van der Waals surface area contributed by atoms with Gasteiger partial charge in [0.2, 0.25) is 0 Å². The molecule has 4 aromatic rings. The fraction of sp³-hybridized carbons (Fsp3) is 0.185. The van der Waals surface area contributed by atoms with Crippen LogP contribution >= 0.6 is 22.9 Å². The molecule has 0 saturated carbocycles. The quantitative estimate of drug-likeness (QED) is 0.194. The highest BCUT2D eigenvalue weighted by Crippen LogP contribution is 2.44. The largest absolute Gasteiger partial charge is 0.507 e. The summed E-state index contributed by atoms with van der Waals surface area (Å²) in [6.07, 6.45) is 1.58. The van der Waals surface area contributed by atoms with E-state index in [1.165, 1.54) is 29.4 Å². The minimum absolute atomic E-state index is 0.0814. The van der Waals surface area contributed by atoms with Crippen molar-refractivity contribution in [2.24, 2.45) is 0 Å². The Morgan fingerprint density at radius 2 is 1.94 bits per heavy atom. The Labute approximate surface area is 216 Å². The predicted molar refractivity (Wildman–Crippen MR) is 141 cm³/mol. The van der Waals surface area contributed by atoms with E-state index in [9.17, 15) is 14.7 Å². The molecule has 1 aliphatic heterocycles. The molecule has 1 amide bonds. The van der Waals surface area contributed by atoms with Crippen LogP contribution in [0.25, 0.3) is 16.0 Å². The summed E-state index contributed by atoms with van der Waals surface area (Å²) in [6, 6.07) is 14.9. The maximum Gasteiger partial charge on any atom is 0.301 e. The maximum atomic E-state index is 13.4. The van der Waals surface area contributed by atoms with Gasteiger partial charge in [0.1, 0.15) is 17.6 Å². The summed E-state index contributed by atoms with van der Waals surface area (Å²) in [5, 5.41) is 11.9. The number of nitrogens with zero attached hydrogens (tertiary/aromatic N) is 3. The zero-order chi connectivity index (χ0) is 25.6. The molecular formula is C27H22ClN3O4S. The highest BCUT2D eigenvalue weighted by molar-refractivity contribution is 7.22. The summed E-state index contributed by atoms with van der Waals surface area (Å²) in [7, 11) is 1.48. The van der Waals surface area contributed by atoms with Gasteiger partial charge >= 0.3 is 5.91 Å². The number of thiazole rings is 1. The summed E-state index contributed by atoms with van der Waals surface area (Å²) in [5.74, 6) is -1.20. The molecule has 0 bridgehead atoms. The van der Waals surface area contributed by atoms with Crippen molar-refractivity contribution in [1.29, 1.82) is 0 Å². The number of amides is 1. The van der Waals surface area contributed by atoms with E-state index in [1.807, 2.05) is 18.2 Å². The van der Waals surface area contributed by atoms with E-state index in [0.29, 0.717) is 22.5 Å². The minimum Gasteiger partial charge on any atom is -0.507 e. The number of anilines is 1. The van der Waals surface area contributed by atoms with Crippen LogP contribution in [0.1, 0.15) is 42.6 Å². The van der Waals surface area contributed by atoms with Crippen LogP contribution in [0.15, 0.2) is 66.4 Å². The van der Waals surface area contributed by atoms with E-state index in [0.717, 1.165) is 15.8 Å². The van der Waals surface area contributed by atoms with Crippen molar-refractivity contribution in [3.8, 4) is 5.75 Å². The van der Waals surface area contributed by atoms with Gasteiger partial charge in [0.05, 0.1) is 33.6 Å². The minimum atomic E-state index is -0.961. The van der Waals surface area contributed by atoms with E-state index in [1.54, 1.807) is 36.5 Å². The highest BCUT2D eigenvalue weighted by atomic mass is 35.5. The molecule has 1 aliphatic rings. The number of hydrogen-bond donors (Lipinski definition) is 1. The fourth-order valence-corrected chi connectivity index (χ4v) is 5.51. The first-order valence-electron chi connectivity index (χ1n) is 11.3. The van der Waals surface area contributed by atoms with Gasteiger partial charge in [-0.05, 0) is 53.9 Å². The molecular weight excluding hydrogens is 498 g/mol. The van der Waals surface area contributed by atoms with E-state index in [4.69, 9.17) is 16.3 Å². The van der Waals surface area contributed by atoms with E-state index in [-0.39, 0.29) is 21.9 Å². The molecule has 1 fully saturated rings. The third kappa shape index (κ3) is 4.02. The second kappa shape index (κ2) is 9.37. The van der Waals surface area contributed by atoms with Crippen molar-refractivity contribution in [3.05, 3.63) is 88.2 Å². The number of carbonyl (C=O) groups is 2. The smallest absolute Gasteiger partial charge is 0.301 e. The number of fused-ring (bicyclic) bond motifs is 1. The van der Waals surface area contributed by atoms with Crippen molar-refractivity contribution < 1.29 is 19.4 Å². The number of ether oxygens (including phenoxy) is 1. The second-order valence-corrected chi connectivity index (χ2v) is 10.1. The Kier molecular flexibility index (Phi) is 6.24. The first kappa shape index (κ1) is 24.0. The van der Waals surface area contributed by atoms with Gasteiger partial charge in [0.25, 0.3) is 5.78 Å². The Bertz CT molecular complexity index is 1530. The number of halogens is 1. The molecule has 7 nitrogen and oxygen atoms in total. The zero-order valence-corrected chi connectivity index (χ0v) is 21.3. The molecule has 0 radical (unpaired) electrons. The van der Waals surface area contributed by atoms with Crippen LogP contribution in [0, 0.1) is 0 Å². The molecule has 0 spiro atoms. The number of carbonyl (C=O) groups excluding carboxylic acids is 2. The number of hydrogen-bond acceptors (Lipinski definition) is 7. The molecule has 2 aromatic carbocycles. The van der Waals surface area contributed by atoms with Crippen molar-refractivity contribution in [2.75, 3.05) is 12.0 Å². The van der Waals surface area contributed by atoms with Crippen molar-refractivity contribution >= 4 is 55.7 Å². The maximum absolute atomic E-state index is 13.4. The van der Waals surface area contributed by atoms with E-state index >= 15 is 0 Å². The molecule has 5 rings (SSSR count). The van der Waals surface area contributed by atoms with Crippen LogP contribution in [0.3, 0.4) is 0 Å². The number of Topliss-reactive ketones (excluding diaryl/α,β-unsaturated/α-hetero) is 1. The van der Waals surface area contributed by atoms with Gasteiger partial charge in [-0.25, -0.2) is 4.98 Å². The topological polar surface area (TPSA) is 92.6 Å². The van der Waals surface area contributed by atoms with Gasteiger partial charge in [-0.15, -0.1) is 0 Å². The number of aliphatic hydroxyl groups is 1. The molecule has 1 unspecified atom stereocenters. The third-order valence-electron chi connectivity index (χ3n) is 6.11. The standard InChI is InChI=1S/C27H22ClN3O4S/c1-14(2)15-7-9-18-21(13-15)36-27(30-18)31-23(19-6-4-5-11-29-19)22(25(33)26(31)34)24(32)16-8-10-20(35-3)17(28)12-16/h4-14,23,32H,1-3H3/b24-22+. The van der Waals surface area contributed by atoms with Crippen LogP contribution in [-0.4, -0.2) is 33.9 Å². The normalized spacial score (nSPS) is 17.4. The third-order valence-corrected chi connectivity index (χ3v) is 7.42. The zero-order valence-electron chi connectivity index (χ0n) is 19.7. The van der Waals surface area contributed by atoms with E-state index < -0.39 is 17.7 Å². The molecule has 9 heteroatoms. The van der Waals surface area contributed by atoms with Gasteiger partial charge in [-0.3, -0.25) is 19.5 Å². The average Bonchev–Trinajstić information content (AvgIpc) is 3.41. The average molecular weight is 520 g/mol. The SMILES string of the molecule is COc1ccc(/C(O)=C2\C(=O)C(=O)N(c3nc4ccc(C(C)C)cc4s3)C2c2ccccn2)cc1Cl. The first-order valence-corrected chi connectivity index (χ1v) is 12.5. The van der Waals surface area contributed by atoms with Gasteiger partial charge in [0, 0.05) is 11.8 Å². The van der Waals surface area contributed by atoms with Gasteiger partial charge in [-0.1, -0.05) is 48.9 Å². The first-order chi connectivity index (χ1) is 17.3. The lowest BCUT2D eigenvalue weighted by molar-refractivity contribution is -0.132. The van der Waals surface area contributed by atoms with Crippen LogP contribution in [0.2, 0.25) is 5.02 Å². The molecule has 1 saturated heterocycles. The Morgan fingerprint density at radius 1 is 1.14 bits per heavy atom. The number of ketones is 1. The number of pyridine rings is 1. The van der Waals surface area contributed by atoms with Crippen LogP contribution in [0.4, 0.5) is 5.13 Å². The fourth-order valence-electron chi connectivity index (χ4n) is 4.21. The lowest BCUT2D eigenvalue weighted by Crippen LogP contribution is -2.29. The Hall–Kier alpha value is -3.75. The number of methoxy groups -OCH3 is 1.